The zero-order chi connectivity index (χ0) is 16.4. The number of phenolic OH excluding ortho intramolecular Hbond substituents is 1. The Morgan fingerprint density at radius 1 is 1.17 bits per heavy atom. The maximum atomic E-state index is 13.8. The number of methoxy groups -OCH3 is 1. The molecule has 1 heterocycles. The van der Waals surface area contributed by atoms with Gasteiger partial charge in [0.2, 0.25) is 0 Å². The van der Waals surface area contributed by atoms with Gasteiger partial charge in [0.25, 0.3) is 0 Å². The highest BCUT2D eigenvalue weighted by atomic mass is 19.1. The van der Waals surface area contributed by atoms with Gasteiger partial charge in [-0.3, -0.25) is 5.10 Å². The van der Waals surface area contributed by atoms with Crippen molar-refractivity contribution in [2.45, 2.75) is 6.92 Å². The lowest BCUT2D eigenvalue weighted by Gasteiger charge is -2.09. The lowest BCUT2D eigenvalue weighted by atomic mass is 10.1. The van der Waals surface area contributed by atoms with E-state index in [1.807, 2.05) is 0 Å². The largest absolute Gasteiger partial charge is 0.507 e. The third kappa shape index (κ3) is 2.83. The highest BCUT2D eigenvalue weighted by molar-refractivity contribution is 5.74. The monoisotopic (exact) mass is 314 g/mol. The predicted octanol–water partition coefficient (Wildman–Crippen LogP) is 4.03. The van der Waals surface area contributed by atoms with Crippen molar-refractivity contribution in [3.05, 3.63) is 54.0 Å². The molecule has 0 aliphatic rings. The smallest absolute Gasteiger partial charge is 0.176 e. The normalized spacial score (nSPS) is 10.6. The number of para-hydroxylation sites is 1. The molecule has 23 heavy (non-hydrogen) atoms. The maximum Gasteiger partial charge on any atom is 0.176 e. The molecule has 0 aliphatic carbocycles. The van der Waals surface area contributed by atoms with Gasteiger partial charge in [-0.2, -0.15) is 5.10 Å². The Labute approximate surface area is 132 Å². The van der Waals surface area contributed by atoms with Crippen molar-refractivity contribution in [1.29, 1.82) is 0 Å². The molecule has 3 aromatic rings. The van der Waals surface area contributed by atoms with Crippen LogP contribution in [-0.4, -0.2) is 22.4 Å². The van der Waals surface area contributed by atoms with Crippen LogP contribution in [0.1, 0.15) is 5.69 Å². The summed E-state index contributed by atoms with van der Waals surface area (Å²) in [6, 6.07) is 10.9. The minimum absolute atomic E-state index is 0.00534. The average Bonchev–Trinajstić information content (AvgIpc) is 2.90. The number of aromatic nitrogens is 2. The number of nitrogens with zero attached hydrogens (tertiary/aromatic N) is 1. The summed E-state index contributed by atoms with van der Waals surface area (Å²) in [6.07, 6.45) is 0. The van der Waals surface area contributed by atoms with E-state index in [2.05, 4.69) is 10.2 Å². The van der Waals surface area contributed by atoms with Gasteiger partial charge in [-0.25, -0.2) is 4.39 Å². The number of phenols is 1. The molecule has 0 spiro atoms. The van der Waals surface area contributed by atoms with Crippen LogP contribution in [0.3, 0.4) is 0 Å². The number of aryl methyl sites for hydroxylation is 1. The van der Waals surface area contributed by atoms with E-state index in [0.29, 0.717) is 28.5 Å². The van der Waals surface area contributed by atoms with Gasteiger partial charge in [-0.15, -0.1) is 0 Å². The lowest BCUT2D eigenvalue weighted by Crippen LogP contribution is -1.91. The molecule has 0 radical (unpaired) electrons. The van der Waals surface area contributed by atoms with Crippen molar-refractivity contribution >= 4 is 0 Å². The number of hydrogen-bond acceptors (Lipinski definition) is 4. The number of halogens is 1. The second-order valence-electron chi connectivity index (χ2n) is 4.94. The molecule has 118 valence electrons. The van der Waals surface area contributed by atoms with E-state index in [9.17, 15) is 9.50 Å². The average molecular weight is 314 g/mol. The molecular formula is C17H15FN2O3. The molecule has 0 fully saturated rings. The molecule has 0 saturated carbocycles. The standard InChI is InChI=1S/C17H15FN2O3/c1-10-17(23-15-6-4-3-5-13(15)18)16(20-19-10)12-8-7-11(22-2)9-14(12)21/h3-9,21H,1-2H3,(H,19,20). The summed E-state index contributed by atoms with van der Waals surface area (Å²) in [4.78, 5) is 0. The molecule has 0 amide bonds. The Morgan fingerprint density at radius 3 is 2.65 bits per heavy atom. The first kappa shape index (κ1) is 14.9. The molecule has 5 nitrogen and oxygen atoms in total. The molecule has 0 unspecified atom stereocenters. The maximum absolute atomic E-state index is 13.8. The molecule has 3 rings (SSSR count). The van der Waals surface area contributed by atoms with Crippen LogP contribution in [-0.2, 0) is 0 Å². The lowest BCUT2D eigenvalue weighted by molar-refractivity contribution is 0.408. The molecule has 0 aliphatic heterocycles. The Hall–Kier alpha value is -3.02. The molecule has 2 aromatic carbocycles. The first-order valence-corrected chi connectivity index (χ1v) is 6.95. The summed E-state index contributed by atoms with van der Waals surface area (Å²) in [5.41, 5.74) is 1.48. The highest BCUT2D eigenvalue weighted by Gasteiger charge is 2.19. The third-order valence-electron chi connectivity index (χ3n) is 3.40. The Bertz CT molecular complexity index is 846. The van der Waals surface area contributed by atoms with Crippen LogP contribution >= 0.6 is 0 Å². The first-order valence-electron chi connectivity index (χ1n) is 6.95. The quantitative estimate of drug-likeness (QED) is 0.763. The van der Waals surface area contributed by atoms with Crippen LogP contribution in [0.5, 0.6) is 23.0 Å². The van der Waals surface area contributed by atoms with Crippen molar-refractivity contribution < 1.29 is 19.0 Å². The van der Waals surface area contributed by atoms with E-state index in [-0.39, 0.29) is 11.5 Å². The Kier molecular flexibility index (Phi) is 3.89. The van der Waals surface area contributed by atoms with E-state index in [4.69, 9.17) is 9.47 Å². The number of aromatic hydroxyl groups is 1. The summed E-state index contributed by atoms with van der Waals surface area (Å²) in [6.45, 7) is 1.76. The number of aromatic amines is 1. The second-order valence-corrected chi connectivity index (χ2v) is 4.94. The Morgan fingerprint density at radius 2 is 1.96 bits per heavy atom. The number of ether oxygens (including phenoxy) is 2. The minimum atomic E-state index is -0.474. The summed E-state index contributed by atoms with van der Waals surface area (Å²) >= 11 is 0. The van der Waals surface area contributed by atoms with Crippen molar-refractivity contribution in [3.8, 4) is 34.3 Å². The van der Waals surface area contributed by atoms with Crippen LogP contribution in [0, 0.1) is 12.7 Å². The molecule has 0 bridgehead atoms. The Balaban J connectivity index is 2.04. The van der Waals surface area contributed by atoms with Crippen molar-refractivity contribution in [2.75, 3.05) is 7.11 Å². The molecule has 0 saturated heterocycles. The van der Waals surface area contributed by atoms with Gasteiger partial charge < -0.3 is 14.6 Å². The minimum Gasteiger partial charge on any atom is -0.507 e. The van der Waals surface area contributed by atoms with Gasteiger partial charge in [0.1, 0.15) is 17.2 Å². The van der Waals surface area contributed by atoms with E-state index in [0.717, 1.165) is 0 Å². The fourth-order valence-electron chi connectivity index (χ4n) is 2.20. The van der Waals surface area contributed by atoms with Crippen LogP contribution in [0.25, 0.3) is 11.3 Å². The number of rotatable bonds is 4. The predicted molar refractivity (Wildman–Crippen MR) is 83.5 cm³/mol. The summed E-state index contributed by atoms with van der Waals surface area (Å²) in [5, 5.41) is 17.1. The van der Waals surface area contributed by atoms with Crippen molar-refractivity contribution in [1.82, 2.24) is 10.2 Å². The molecule has 1 aromatic heterocycles. The number of H-pyrrole nitrogens is 1. The number of hydrogen-bond donors (Lipinski definition) is 2. The van der Waals surface area contributed by atoms with E-state index in [1.165, 1.54) is 25.3 Å². The zero-order valence-corrected chi connectivity index (χ0v) is 12.6. The molecular weight excluding hydrogens is 299 g/mol. The molecule has 2 N–H and O–H groups in total. The van der Waals surface area contributed by atoms with Gasteiger partial charge in [0.15, 0.2) is 17.3 Å². The number of benzene rings is 2. The summed E-state index contributed by atoms with van der Waals surface area (Å²) in [7, 11) is 1.51. The van der Waals surface area contributed by atoms with Crippen molar-refractivity contribution in [3.63, 3.8) is 0 Å². The molecule has 6 heteroatoms. The van der Waals surface area contributed by atoms with Crippen LogP contribution in [0.15, 0.2) is 42.5 Å². The second kappa shape index (κ2) is 6.00. The third-order valence-corrected chi connectivity index (χ3v) is 3.40. The van der Waals surface area contributed by atoms with Gasteiger partial charge in [-0.05, 0) is 31.2 Å². The van der Waals surface area contributed by atoms with Crippen LogP contribution in [0.2, 0.25) is 0 Å². The van der Waals surface area contributed by atoms with Gasteiger partial charge >= 0.3 is 0 Å². The van der Waals surface area contributed by atoms with E-state index < -0.39 is 5.82 Å². The SMILES string of the molecule is COc1ccc(-c2n[nH]c(C)c2Oc2ccccc2F)c(O)c1. The topological polar surface area (TPSA) is 67.4 Å². The fraction of sp³-hybridized carbons (Fsp3) is 0.118. The molecule has 0 atom stereocenters. The van der Waals surface area contributed by atoms with Crippen molar-refractivity contribution in [2.24, 2.45) is 0 Å². The van der Waals surface area contributed by atoms with E-state index in [1.54, 1.807) is 31.2 Å². The van der Waals surface area contributed by atoms with Gasteiger partial charge in [0, 0.05) is 11.6 Å². The van der Waals surface area contributed by atoms with Crippen LogP contribution in [0.4, 0.5) is 4.39 Å². The zero-order valence-electron chi connectivity index (χ0n) is 12.6. The first-order chi connectivity index (χ1) is 11.1. The highest BCUT2D eigenvalue weighted by Crippen LogP contribution is 2.40. The number of nitrogens with one attached hydrogen (secondary N) is 1. The summed E-state index contributed by atoms with van der Waals surface area (Å²) < 4.78 is 24.5. The van der Waals surface area contributed by atoms with E-state index >= 15 is 0 Å². The van der Waals surface area contributed by atoms with Crippen LogP contribution < -0.4 is 9.47 Å². The summed E-state index contributed by atoms with van der Waals surface area (Å²) in [5.74, 6) is 0.490. The van der Waals surface area contributed by atoms with Gasteiger partial charge in [-0.1, -0.05) is 12.1 Å². The van der Waals surface area contributed by atoms with Gasteiger partial charge in [0.05, 0.1) is 12.8 Å². The fourth-order valence-corrected chi connectivity index (χ4v) is 2.20.